The number of rotatable bonds is 5. The molecule has 0 saturated carbocycles. The second-order valence-electron chi connectivity index (χ2n) is 11.3. The van der Waals surface area contributed by atoms with Crippen molar-refractivity contribution in [2.45, 2.75) is 24.7 Å². The van der Waals surface area contributed by atoms with E-state index in [0.29, 0.717) is 36.8 Å². The molecule has 3 aliphatic rings. The minimum Gasteiger partial charge on any atom is -0.488 e. The molecule has 220 valence electrons. The van der Waals surface area contributed by atoms with Crippen molar-refractivity contribution in [3.8, 4) is 11.4 Å². The average molecular weight is 601 g/mol. The number of sulfonamides is 1. The molecule has 10 nitrogen and oxygen atoms in total. The van der Waals surface area contributed by atoms with Crippen molar-refractivity contribution >= 4 is 27.7 Å². The monoisotopic (exact) mass is 600 g/mol. The Kier molecular flexibility index (Phi) is 6.44. The fourth-order valence-electron chi connectivity index (χ4n) is 6.22. The van der Waals surface area contributed by atoms with Crippen LogP contribution in [-0.2, 0) is 16.4 Å². The van der Waals surface area contributed by atoms with E-state index in [-0.39, 0.29) is 41.7 Å². The first-order valence-corrected chi connectivity index (χ1v) is 15.5. The van der Waals surface area contributed by atoms with Gasteiger partial charge in [-0.1, -0.05) is 5.57 Å². The van der Waals surface area contributed by atoms with E-state index in [1.165, 1.54) is 28.7 Å². The molecule has 0 amide bonds. The Morgan fingerprint density at radius 3 is 2.67 bits per heavy atom. The first kappa shape index (κ1) is 27.4. The fraction of sp³-hybridized carbons (Fsp3) is 0.290. The van der Waals surface area contributed by atoms with Gasteiger partial charge in [0.05, 0.1) is 29.5 Å². The second kappa shape index (κ2) is 10.1. The third-order valence-electron chi connectivity index (χ3n) is 8.53. The smallest absolute Gasteiger partial charge is 0.244 e. The molecule has 0 bridgehead atoms. The molecule has 0 radical (unpaired) electrons. The number of nitrogens with zero attached hydrogens (tertiary/aromatic N) is 6. The maximum absolute atomic E-state index is 14.4. The lowest BCUT2D eigenvalue weighted by Gasteiger charge is -2.44. The number of pyridine rings is 2. The van der Waals surface area contributed by atoms with Gasteiger partial charge >= 0.3 is 0 Å². The number of halogens is 1. The van der Waals surface area contributed by atoms with E-state index in [1.54, 1.807) is 35.3 Å². The molecule has 2 aliphatic heterocycles. The Labute approximate surface area is 248 Å². The molecule has 0 N–H and O–H groups in total. The molecule has 1 aliphatic carbocycles. The quantitative estimate of drug-likeness (QED) is 0.318. The lowest BCUT2D eigenvalue weighted by atomic mass is 9.65. The minimum absolute atomic E-state index is 0.0193. The highest BCUT2D eigenvalue weighted by atomic mass is 32.2. The van der Waals surface area contributed by atoms with Crippen LogP contribution < -0.4 is 9.64 Å². The van der Waals surface area contributed by atoms with Crippen molar-refractivity contribution in [3.63, 3.8) is 0 Å². The number of likely N-dealkylation sites (N-methyl/N-ethyl adjacent to an activating group) is 1. The summed E-state index contributed by atoms with van der Waals surface area (Å²) in [7, 11) is -2.15. The van der Waals surface area contributed by atoms with Crippen molar-refractivity contribution < 1.29 is 22.3 Å². The molecule has 3 aromatic heterocycles. The summed E-state index contributed by atoms with van der Waals surface area (Å²) < 4.78 is 50.6. The van der Waals surface area contributed by atoms with Crippen LogP contribution in [0.5, 0.6) is 5.75 Å². The summed E-state index contributed by atoms with van der Waals surface area (Å²) in [5, 5.41) is 4.56. The van der Waals surface area contributed by atoms with Crippen LogP contribution in [0.15, 0.2) is 71.5 Å². The number of benzene rings is 1. The molecule has 1 fully saturated rings. The summed E-state index contributed by atoms with van der Waals surface area (Å²) in [6.45, 7) is 3.10. The van der Waals surface area contributed by atoms with E-state index in [4.69, 9.17) is 4.74 Å². The van der Waals surface area contributed by atoms with Gasteiger partial charge in [-0.2, -0.15) is 9.40 Å². The molecular formula is C31H29FN6O4S. The number of hydrogen-bond donors (Lipinski definition) is 0. The number of fused-ring (bicyclic) bond motifs is 3. The Bertz CT molecular complexity index is 1910. The Balaban J connectivity index is 1.30. The topological polar surface area (TPSA) is 111 Å². The van der Waals surface area contributed by atoms with Gasteiger partial charge in [0.25, 0.3) is 0 Å². The molecule has 0 unspecified atom stereocenters. The largest absolute Gasteiger partial charge is 0.488 e. The van der Waals surface area contributed by atoms with Gasteiger partial charge < -0.3 is 9.64 Å². The highest BCUT2D eigenvalue weighted by Crippen LogP contribution is 2.47. The van der Waals surface area contributed by atoms with Gasteiger partial charge in [-0.3, -0.25) is 9.78 Å². The van der Waals surface area contributed by atoms with Crippen molar-refractivity contribution in [1.82, 2.24) is 24.1 Å². The van der Waals surface area contributed by atoms with Gasteiger partial charge in [-0.05, 0) is 73.4 Å². The van der Waals surface area contributed by atoms with Crippen LogP contribution in [0.1, 0.15) is 33.7 Å². The molecule has 7 rings (SSSR count). The van der Waals surface area contributed by atoms with E-state index >= 15 is 0 Å². The number of Topliss-reactive ketones (excluding diaryl/α,β-unsaturated/α-hetero) is 1. The number of piperidine rings is 1. The van der Waals surface area contributed by atoms with Gasteiger partial charge in [-0.25, -0.2) is 22.5 Å². The zero-order chi connectivity index (χ0) is 29.9. The van der Waals surface area contributed by atoms with Gasteiger partial charge in [-0.15, -0.1) is 0 Å². The maximum atomic E-state index is 14.4. The summed E-state index contributed by atoms with van der Waals surface area (Å²) in [6.07, 6.45) is 7.16. The Hall–Kier alpha value is -4.42. The van der Waals surface area contributed by atoms with E-state index < -0.39 is 15.4 Å². The molecule has 43 heavy (non-hydrogen) atoms. The van der Waals surface area contributed by atoms with E-state index in [1.807, 2.05) is 31.0 Å². The van der Waals surface area contributed by atoms with Crippen LogP contribution in [0.25, 0.3) is 11.8 Å². The number of hydrogen-bond acceptors (Lipinski definition) is 8. The van der Waals surface area contributed by atoms with Gasteiger partial charge in [0.2, 0.25) is 10.0 Å². The van der Waals surface area contributed by atoms with Crippen molar-refractivity contribution in [2.24, 2.45) is 5.41 Å². The van der Waals surface area contributed by atoms with Crippen LogP contribution in [0.3, 0.4) is 0 Å². The van der Waals surface area contributed by atoms with E-state index in [2.05, 4.69) is 15.1 Å². The molecule has 0 spiro atoms. The van der Waals surface area contributed by atoms with E-state index in [0.717, 1.165) is 22.4 Å². The zero-order valence-corrected chi connectivity index (χ0v) is 24.5. The molecule has 12 heteroatoms. The summed E-state index contributed by atoms with van der Waals surface area (Å²) >= 11 is 0. The Morgan fingerprint density at radius 2 is 1.88 bits per heavy atom. The third-order valence-corrected chi connectivity index (χ3v) is 10.3. The molecule has 5 heterocycles. The van der Waals surface area contributed by atoms with Crippen LogP contribution in [-0.4, -0.2) is 71.5 Å². The lowest BCUT2D eigenvalue weighted by molar-refractivity contribution is 0.0770. The van der Waals surface area contributed by atoms with Gasteiger partial charge in [0.1, 0.15) is 23.0 Å². The first-order chi connectivity index (χ1) is 20.7. The SMILES string of the molecule is Cc1ccnc(C(=O)[C@]23Cc4cnn(-c5ccc(F)cc5)c4C=C2CCN(S(=O)(=O)c2cnc4c(c2)OCCN4C)C3)c1. The van der Waals surface area contributed by atoms with Crippen LogP contribution >= 0.6 is 0 Å². The van der Waals surface area contributed by atoms with Crippen LogP contribution in [0.2, 0.25) is 0 Å². The first-order valence-electron chi connectivity index (χ1n) is 14.0. The molecular weight excluding hydrogens is 571 g/mol. The van der Waals surface area contributed by atoms with E-state index in [9.17, 15) is 17.6 Å². The van der Waals surface area contributed by atoms with Gasteiger partial charge in [0.15, 0.2) is 17.4 Å². The molecule has 1 aromatic carbocycles. The summed E-state index contributed by atoms with van der Waals surface area (Å²) in [4.78, 5) is 25.2. The zero-order valence-electron chi connectivity index (χ0n) is 23.7. The summed E-state index contributed by atoms with van der Waals surface area (Å²) in [6, 6.07) is 11.1. The van der Waals surface area contributed by atoms with Crippen molar-refractivity contribution in [3.05, 3.63) is 95.0 Å². The van der Waals surface area contributed by atoms with Crippen molar-refractivity contribution in [2.75, 3.05) is 38.2 Å². The van der Waals surface area contributed by atoms with Crippen LogP contribution in [0.4, 0.5) is 10.2 Å². The third kappa shape index (κ3) is 4.52. The number of aromatic nitrogens is 4. The summed E-state index contributed by atoms with van der Waals surface area (Å²) in [5.74, 6) is 0.414. The predicted molar refractivity (Wildman–Crippen MR) is 157 cm³/mol. The van der Waals surface area contributed by atoms with Crippen LogP contribution in [0, 0.1) is 18.2 Å². The number of carbonyl (C=O) groups excluding carboxylic acids is 1. The molecule has 1 atom stereocenters. The Morgan fingerprint density at radius 1 is 1.07 bits per heavy atom. The average Bonchev–Trinajstić information content (AvgIpc) is 3.41. The standard InChI is InChI=1S/C31H29FN6O4S/c1-20-7-9-33-26(13-20)29(39)31-16-21-17-35-38(24-5-3-23(32)4-6-24)27(21)14-22(31)8-10-37(19-31)43(40,41)25-15-28-30(34-18-25)36(2)11-12-42-28/h3-7,9,13-15,17-18H,8,10-12,16,19H2,1-2H3/t31-/m0/s1. The second-order valence-corrected chi connectivity index (χ2v) is 13.2. The molecule has 4 aromatic rings. The normalized spacial score (nSPS) is 20.0. The number of ketones is 1. The molecule has 1 saturated heterocycles. The van der Waals surface area contributed by atoms with Crippen molar-refractivity contribution in [1.29, 1.82) is 0 Å². The number of ether oxygens (including phenoxy) is 1. The highest BCUT2D eigenvalue weighted by Gasteiger charge is 2.51. The number of carbonyl (C=O) groups is 1. The minimum atomic E-state index is -4.03. The fourth-order valence-corrected chi connectivity index (χ4v) is 7.68. The highest BCUT2D eigenvalue weighted by molar-refractivity contribution is 7.89. The predicted octanol–water partition coefficient (Wildman–Crippen LogP) is 3.84. The number of aryl methyl sites for hydroxylation is 1. The number of anilines is 1. The summed E-state index contributed by atoms with van der Waals surface area (Å²) in [5.41, 5.74) is 3.06. The maximum Gasteiger partial charge on any atom is 0.244 e. The lowest BCUT2D eigenvalue weighted by Crippen LogP contribution is -2.53. The van der Waals surface area contributed by atoms with Gasteiger partial charge in [0, 0.05) is 38.6 Å².